The van der Waals surface area contributed by atoms with Gasteiger partial charge in [0, 0.05) is 18.3 Å². The van der Waals surface area contributed by atoms with Crippen molar-refractivity contribution in [2.75, 3.05) is 5.43 Å². The highest BCUT2D eigenvalue weighted by molar-refractivity contribution is 6.38. The lowest BCUT2D eigenvalue weighted by atomic mass is 9.64. The van der Waals surface area contributed by atoms with E-state index in [1.807, 2.05) is 0 Å². The summed E-state index contributed by atoms with van der Waals surface area (Å²) in [5.74, 6) is 1.42. The van der Waals surface area contributed by atoms with Crippen LogP contribution in [0.4, 0.5) is 5.69 Å². The fourth-order valence-corrected chi connectivity index (χ4v) is 3.91. The van der Waals surface area contributed by atoms with Gasteiger partial charge in [0.2, 0.25) is 5.91 Å². The van der Waals surface area contributed by atoms with Crippen molar-refractivity contribution in [3.8, 4) is 0 Å². The van der Waals surface area contributed by atoms with E-state index in [0.717, 1.165) is 12.3 Å². The number of nitrogens with zero attached hydrogens (tertiary/aromatic N) is 1. The number of anilines is 1. The highest BCUT2D eigenvalue weighted by Gasteiger charge is 2.39. The predicted molar refractivity (Wildman–Crippen MR) is 79.6 cm³/mol. The molecule has 108 valence electrons. The average molecular weight is 314 g/mol. The first-order valence-corrected chi connectivity index (χ1v) is 7.75. The maximum atomic E-state index is 12.3. The van der Waals surface area contributed by atoms with Gasteiger partial charge < -0.3 is 0 Å². The minimum atomic E-state index is 0.0448. The maximum absolute atomic E-state index is 12.3. The van der Waals surface area contributed by atoms with Crippen molar-refractivity contribution in [2.45, 2.75) is 32.1 Å². The first-order chi connectivity index (χ1) is 9.65. The zero-order chi connectivity index (χ0) is 14.1. The Bertz CT molecular complexity index is 495. The van der Waals surface area contributed by atoms with E-state index in [1.54, 1.807) is 0 Å². The molecule has 1 atom stereocenters. The summed E-state index contributed by atoms with van der Waals surface area (Å²) >= 11 is 12.0. The molecule has 2 bridgehead atoms. The largest absolute Gasteiger partial charge is 0.295 e. The SMILES string of the molecule is O=C(NNc1c(Cl)cncc1Cl)C1CC2CCC1CC2. The summed E-state index contributed by atoms with van der Waals surface area (Å²) in [6.45, 7) is 0. The molecular formula is C14H17Cl2N3O. The van der Waals surface area contributed by atoms with Crippen LogP contribution in [0, 0.1) is 17.8 Å². The molecule has 0 saturated heterocycles. The quantitative estimate of drug-likeness (QED) is 0.837. The minimum Gasteiger partial charge on any atom is -0.295 e. The van der Waals surface area contributed by atoms with E-state index in [1.165, 1.54) is 38.1 Å². The van der Waals surface area contributed by atoms with Crippen LogP contribution < -0.4 is 10.9 Å². The van der Waals surface area contributed by atoms with Crippen LogP contribution in [0.15, 0.2) is 12.4 Å². The first kappa shape index (κ1) is 14.0. The molecular weight excluding hydrogens is 297 g/mol. The molecule has 1 aromatic heterocycles. The summed E-state index contributed by atoms with van der Waals surface area (Å²) in [6, 6.07) is 0. The Morgan fingerprint density at radius 1 is 1.15 bits per heavy atom. The summed E-state index contributed by atoms with van der Waals surface area (Å²) < 4.78 is 0. The van der Waals surface area contributed by atoms with E-state index in [0.29, 0.717) is 21.7 Å². The molecule has 2 N–H and O–H groups in total. The molecule has 1 aromatic rings. The zero-order valence-electron chi connectivity index (χ0n) is 11.0. The second-order valence-corrected chi connectivity index (χ2v) is 6.53. The first-order valence-electron chi connectivity index (χ1n) is 7.00. The van der Waals surface area contributed by atoms with Crippen molar-refractivity contribution >= 4 is 34.8 Å². The van der Waals surface area contributed by atoms with Crippen molar-refractivity contribution < 1.29 is 4.79 Å². The molecule has 20 heavy (non-hydrogen) atoms. The number of rotatable bonds is 3. The van der Waals surface area contributed by atoms with E-state index in [-0.39, 0.29) is 11.8 Å². The number of carbonyl (C=O) groups is 1. The molecule has 6 heteroatoms. The second kappa shape index (κ2) is 5.78. The third-order valence-electron chi connectivity index (χ3n) is 4.55. The Morgan fingerprint density at radius 2 is 1.80 bits per heavy atom. The molecule has 0 aliphatic heterocycles. The normalized spacial score (nSPS) is 28.2. The van der Waals surface area contributed by atoms with Gasteiger partial charge in [-0.2, -0.15) is 0 Å². The molecule has 4 rings (SSSR count). The van der Waals surface area contributed by atoms with Crippen molar-refractivity contribution in [1.29, 1.82) is 0 Å². The lowest BCUT2D eigenvalue weighted by molar-refractivity contribution is -0.129. The Kier molecular flexibility index (Phi) is 4.03. The molecule has 3 fully saturated rings. The van der Waals surface area contributed by atoms with Crippen LogP contribution in [0.1, 0.15) is 32.1 Å². The monoisotopic (exact) mass is 313 g/mol. The lowest BCUT2D eigenvalue weighted by Gasteiger charge is -2.41. The van der Waals surface area contributed by atoms with Crippen LogP contribution in [0.3, 0.4) is 0 Å². The second-order valence-electron chi connectivity index (χ2n) is 5.72. The highest BCUT2D eigenvalue weighted by atomic mass is 35.5. The molecule has 1 unspecified atom stereocenters. The number of hydrazine groups is 1. The number of nitrogens with one attached hydrogen (secondary N) is 2. The molecule has 1 amide bonds. The van der Waals surface area contributed by atoms with Crippen molar-refractivity contribution in [3.63, 3.8) is 0 Å². The molecule has 4 nitrogen and oxygen atoms in total. The lowest BCUT2D eigenvalue weighted by Crippen LogP contribution is -2.43. The van der Waals surface area contributed by atoms with Gasteiger partial charge in [-0.05, 0) is 31.1 Å². The van der Waals surface area contributed by atoms with Gasteiger partial charge in [-0.3, -0.25) is 20.6 Å². The number of hydrogen-bond donors (Lipinski definition) is 2. The van der Waals surface area contributed by atoms with Crippen molar-refractivity contribution in [3.05, 3.63) is 22.4 Å². The molecule has 1 heterocycles. The molecule has 0 aromatic carbocycles. The van der Waals surface area contributed by atoms with Crippen LogP contribution >= 0.6 is 23.2 Å². The van der Waals surface area contributed by atoms with Gasteiger partial charge >= 0.3 is 0 Å². The average Bonchev–Trinajstić information content (AvgIpc) is 2.47. The van der Waals surface area contributed by atoms with Crippen molar-refractivity contribution in [2.24, 2.45) is 17.8 Å². The van der Waals surface area contributed by atoms with Crippen LogP contribution in [0.2, 0.25) is 10.0 Å². The summed E-state index contributed by atoms with van der Waals surface area (Å²) in [7, 11) is 0. The van der Waals surface area contributed by atoms with Crippen LogP contribution in [-0.4, -0.2) is 10.9 Å². The summed E-state index contributed by atoms with van der Waals surface area (Å²) in [5.41, 5.74) is 6.08. The van der Waals surface area contributed by atoms with Gasteiger partial charge in [0.05, 0.1) is 15.7 Å². The third kappa shape index (κ3) is 2.72. The van der Waals surface area contributed by atoms with E-state index >= 15 is 0 Å². The number of carbonyl (C=O) groups excluding carboxylic acids is 1. The fourth-order valence-electron chi connectivity index (χ4n) is 3.45. The predicted octanol–water partition coefficient (Wildman–Crippen LogP) is 3.66. The Morgan fingerprint density at radius 3 is 2.35 bits per heavy atom. The maximum Gasteiger partial charge on any atom is 0.241 e. The third-order valence-corrected chi connectivity index (χ3v) is 5.12. The smallest absolute Gasteiger partial charge is 0.241 e. The summed E-state index contributed by atoms with van der Waals surface area (Å²) in [4.78, 5) is 16.2. The van der Waals surface area contributed by atoms with Gasteiger partial charge in [-0.25, -0.2) is 0 Å². The molecule has 0 spiro atoms. The highest BCUT2D eigenvalue weighted by Crippen LogP contribution is 2.45. The number of aromatic nitrogens is 1. The fraction of sp³-hybridized carbons (Fsp3) is 0.571. The molecule has 0 radical (unpaired) electrons. The Balaban J connectivity index is 1.62. The van der Waals surface area contributed by atoms with E-state index < -0.39 is 0 Å². The Labute approximate surface area is 128 Å². The minimum absolute atomic E-state index is 0.0448. The van der Waals surface area contributed by atoms with Gasteiger partial charge in [0.15, 0.2) is 0 Å². The van der Waals surface area contributed by atoms with Crippen molar-refractivity contribution in [1.82, 2.24) is 10.4 Å². The molecule has 3 saturated carbocycles. The van der Waals surface area contributed by atoms with E-state index in [4.69, 9.17) is 23.2 Å². The zero-order valence-corrected chi connectivity index (χ0v) is 12.5. The number of fused-ring (bicyclic) bond motifs is 3. The Hall–Kier alpha value is -1.00. The van der Waals surface area contributed by atoms with Gasteiger partial charge in [-0.1, -0.05) is 36.0 Å². The van der Waals surface area contributed by atoms with Crippen LogP contribution in [0.5, 0.6) is 0 Å². The standard InChI is InChI=1S/C14H17Cl2N3O/c15-11-6-17-7-12(16)13(11)18-19-14(20)10-5-8-1-3-9(10)4-2-8/h6-10H,1-5H2,(H,17,18)(H,19,20). The van der Waals surface area contributed by atoms with E-state index in [2.05, 4.69) is 15.8 Å². The summed E-state index contributed by atoms with van der Waals surface area (Å²) in [5, 5.41) is 0.783. The number of amides is 1. The van der Waals surface area contributed by atoms with Gasteiger partial charge in [0.25, 0.3) is 0 Å². The van der Waals surface area contributed by atoms with Crippen LogP contribution in [0.25, 0.3) is 0 Å². The number of halogens is 2. The summed E-state index contributed by atoms with van der Waals surface area (Å²) in [6.07, 6.45) is 8.91. The topological polar surface area (TPSA) is 54.0 Å². The van der Waals surface area contributed by atoms with Gasteiger partial charge in [-0.15, -0.1) is 0 Å². The van der Waals surface area contributed by atoms with E-state index in [9.17, 15) is 4.79 Å². The van der Waals surface area contributed by atoms with Gasteiger partial charge in [0.1, 0.15) is 0 Å². The molecule has 3 aliphatic carbocycles. The number of pyridine rings is 1. The number of hydrogen-bond acceptors (Lipinski definition) is 3. The van der Waals surface area contributed by atoms with Crippen LogP contribution in [-0.2, 0) is 4.79 Å². The molecule has 3 aliphatic rings.